The van der Waals surface area contributed by atoms with Crippen LogP contribution in [0.15, 0.2) is 24.3 Å². The molecule has 0 aliphatic carbocycles. The van der Waals surface area contributed by atoms with Crippen molar-refractivity contribution >= 4 is 14.7 Å². The maximum atomic E-state index is 10.8. The number of hydrogen-bond acceptors (Lipinski definition) is 4. The van der Waals surface area contributed by atoms with Crippen molar-refractivity contribution in [2.45, 2.75) is 12.5 Å². The van der Waals surface area contributed by atoms with Crippen molar-refractivity contribution in [2.75, 3.05) is 7.05 Å². The Morgan fingerprint density at radius 1 is 1.50 bits per heavy atom. The van der Waals surface area contributed by atoms with E-state index in [9.17, 15) is 9.36 Å². The van der Waals surface area contributed by atoms with E-state index in [2.05, 4.69) is 5.32 Å². The lowest BCUT2D eigenvalue weighted by Crippen LogP contribution is -2.35. The second-order valence-electron chi connectivity index (χ2n) is 3.19. The summed E-state index contributed by atoms with van der Waals surface area (Å²) >= 11 is 0. The van der Waals surface area contributed by atoms with Crippen molar-refractivity contribution < 1.29 is 19.0 Å². The van der Waals surface area contributed by atoms with Crippen LogP contribution in [0.25, 0.3) is 0 Å². The standard InChI is InChI=1S/C10H12NO4P/c1-11-9(10(12)13)6-7-2-4-8(5-3-7)15-16-14/h2-5,9,11H,6H2,1H3,(H,12,13)/t9-/m0/s1. The summed E-state index contributed by atoms with van der Waals surface area (Å²) in [5, 5.41) is 11.6. The molecule has 0 saturated carbocycles. The number of nitrogens with one attached hydrogen (secondary N) is 1. The number of carboxylic acid groups (broad SMARTS) is 1. The molecule has 1 atom stereocenters. The van der Waals surface area contributed by atoms with Gasteiger partial charge in [-0.3, -0.25) is 4.79 Å². The van der Waals surface area contributed by atoms with Gasteiger partial charge in [0.1, 0.15) is 11.8 Å². The molecule has 0 radical (unpaired) electrons. The molecule has 0 fully saturated rings. The Balaban J connectivity index is 2.67. The van der Waals surface area contributed by atoms with E-state index in [1.807, 2.05) is 0 Å². The number of carboxylic acids is 1. The maximum Gasteiger partial charge on any atom is 0.395 e. The lowest BCUT2D eigenvalue weighted by molar-refractivity contribution is -0.139. The number of hydrogen-bond donors (Lipinski definition) is 2. The highest BCUT2D eigenvalue weighted by Gasteiger charge is 2.14. The number of likely N-dealkylation sites (N-methyl/N-ethyl adjacent to an activating group) is 1. The summed E-state index contributed by atoms with van der Waals surface area (Å²) in [7, 11) is 1.20. The number of benzene rings is 1. The van der Waals surface area contributed by atoms with Gasteiger partial charge in [0, 0.05) is 0 Å². The average molecular weight is 241 g/mol. The Morgan fingerprint density at radius 3 is 2.56 bits per heavy atom. The highest BCUT2D eigenvalue weighted by molar-refractivity contribution is 7.17. The monoisotopic (exact) mass is 241 g/mol. The Hall–Kier alpha value is -1.45. The molecule has 1 aromatic carbocycles. The average Bonchev–Trinajstić information content (AvgIpc) is 2.28. The zero-order valence-electron chi connectivity index (χ0n) is 8.71. The quantitative estimate of drug-likeness (QED) is 0.738. The maximum absolute atomic E-state index is 10.8. The van der Waals surface area contributed by atoms with Gasteiger partial charge in [-0.05, 0) is 31.2 Å². The first kappa shape index (κ1) is 12.6. The number of rotatable bonds is 6. The summed E-state index contributed by atoms with van der Waals surface area (Å²) in [6, 6.07) is 6.18. The van der Waals surface area contributed by atoms with Crippen molar-refractivity contribution in [3.8, 4) is 5.75 Å². The van der Waals surface area contributed by atoms with E-state index in [1.54, 1.807) is 31.3 Å². The minimum Gasteiger partial charge on any atom is -0.480 e. The molecule has 0 aliphatic heterocycles. The van der Waals surface area contributed by atoms with Gasteiger partial charge in [-0.2, -0.15) is 0 Å². The van der Waals surface area contributed by atoms with Crippen molar-refractivity contribution in [2.24, 2.45) is 0 Å². The summed E-state index contributed by atoms with van der Waals surface area (Å²) in [6.07, 6.45) is 0.390. The van der Waals surface area contributed by atoms with Gasteiger partial charge in [0.15, 0.2) is 0 Å². The first-order valence-electron chi connectivity index (χ1n) is 4.66. The lowest BCUT2D eigenvalue weighted by atomic mass is 10.1. The fraction of sp³-hybridized carbons (Fsp3) is 0.300. The zero-order valence-corrected chi connectivity index (χ0v) is 9.61. The molecule has 1 aromatic rings. The van der Waals surface area contributed by atoms with Gasteiger partial charge in [-0.15, -0.1) is 0 Å². The molecule has 0 unspecified atom stereocenters. The van der Waals surface area contributed by atoms with E-state index in [-0.39, 0.29) is 0 Å². The van der Waals surface area contributed by atoms with Gasteiger partial charge in [-0.1, -0.05) is 12.1 Å². The summed E-state index contributed by atoms with van der Waals surface area (Å²) in [4.78, 5) is 10.8. The van der Waals surface area contributed by atoms with Crippen molar-refractivity contribution in [3.05, 3.63) is 29.8 Å². The molecule has 16 heavy (non-hydrogen) atoms. The molecule has 0 heterocycles. The van der Waals surface area contributed by atoms with Gasteiger partial charge in [-0.25, -0.2) is 4.57 Å². The van der Waals surface area contributed by atoms with Crippen LogP contribution in [0.2, 0.25) is 0 Å². The van der Waals surface area contributed by atoms with E-state index in [0.29, 0.717) is 12.2 Å². The molecular weight excluding hydrogens is 229 g/mol. The zero-order chi connectivity index (χ0) is 12.0. The summed E-state index contributed by atoms with van der Waals surface area (Å²) in [5.74, 6) is -0.405. The summed E-state index contributed by atoms with van der Waals surface area (Å²) in [6.45, 7) is 0. The minimum absolute atomic E-state index is 0.390. The third kappa shape index (κ3) is 3.61. The van der Waals surface area contributed by atoms with Crippen LogP contribution < -0.4 is 9.84 Å². The second kappa shape index (κ2) is 6.20. The second-order valence-corrected chi connectivity index (χ2v) is 3.53. The van der Waals surface area contributed by atoms with Crippen LogP contribution in [0.1, 0.15) is 5.56 Å². The lowest BCUT2D eigenvalue weighted by Gasteiger charge is -2.10. The number of aliphatic carboxylic acids is 1. The molecule has 0 aliphatic rings. The smallest absolute Gasteiger partial charge is 0.395 e. The Kier molecular flexibility index (Phi) is 4.89. The molecular formula is C10H12NO4P. The van der Waals surface area contributed by atoms with Crippen LogP contribution in [0.4, 0.5) is 0 Å². The fourth-order valence-electron chi connectivity index (χ4n) is 1.28. The van der Waals surface area contributed by atoms with Crippen LogP contribution in [0.5, 0.6) is 5.75 Å². The molecule has 1 rings (SSSR count). The molecule has 2 N–H and O–H groups in total. The summed E-state index contributed by atoms with van der Waals surface area (Å²) < 4.78 is 14.9. The van der Waals surface area contributed by atoms with Crippen molar-refractivity contribution in [1.82, 2.24) is 5.32 Å². The highest BCUT2D eigenvalue weighted by Crippen LogP contribution is 2.16. The normalized spacial score (nSPS) is 12.3. The van der Waals surface area contributed by atoms with E-state index < -0.39 is 20.7 Å². The van der Waals surface area contributed by atoms with Gasteiger partial charge >= 0.3 is 14.7 Å². The van der Waals surface area contributed by atoms with E-state index in [0.717, 1.165) is 5.56 Å². The van der Waals surface area contributed by atoms with E-state index in [1.165, 1.54) is 0 Å². The van der Waals surface area contributed by atoms with Crippen LogP contribution in [0, 0.1) is 0 Å². The molecule has 5 nitrogen and oxygen atoms in total. The van der Waals surface area contributed by atoms with Gasteiger partial charge in [0.2, 0.25) is 0 Å². The number of carbonyl (C=O) groups is 1. The Labute approximate surface area is 94.7 Å². The van der Waals surface area contributed by atoms with Crippen molar-refractivity contribution in [1.29, 1.82) is 0 Å². The molecule has 6 heteroatoms. The van der Waals surface area contributed by atoms with Crippen molar-refractivity contribution in [3.63, 3.8) is 0 Å². The van der Waals surface area contributed by atoms with Crippen LogP contribution in [-0.2, 0) is 15.8 Å². The van der Waals surface area contributed by atoms with E-state index >= 15 is 0 Å². The van der Waals surface area contributed by atoms with Gasteiger partial charge in [0.05, 0.1) is 0 Å². The largest absolute Gasteiger partial charge is 0.480 e. The van der Waals surface area contributed by atoms with Gasteiger partial charge < -0.3 is 14.9 Å². The molecule has 0 bridgehead atoms. The molecule has 0 saturated heterocycles. The topological polar surface area (TPSA) is 75.6 Å². The van der Waals surface area contributed by atoms with Crippen LogP contribution in [-0.4, -0.2) is 24.2 Å². The molecule has 0 aromatic heterocycles. The third-order valence-electron chi connectivity index (χ3n) is 2.15. The Morgan fingerprint density at radius 2 is 2.12 bits per heavy atom. The van der Waals surface area contributed by atoms with Crippen LogP contribution >= 0.6 is 8.69 Å². The van der Waals surface area contributed by atoms with Crippen LogP contribution in [0.3, 0.4) is 0 Å². The first-order valence-corrected chi connectivity index (χ1v) is 5.39. The third-order valence-corrected chi connectivity index (χ3v) is 2.44. The molecule has 86 valence electrons. The molecule has 0 amide bonds. The summed E-state index contributed by atoms with van der Waals surface area (Å²) in [5.41, 5.74) is 0.872. The van der Waals surface area contributed by atoms with Gasteiger partial charge in [0.25, 0.3) is 0 Å². The first-order chi connectivity index (χ1) is 7.67. The van der Waals surface area contributed by atoms with E-state index in [4.69, 9.17) is 9.63 Å². The SMILES string of the molecule is CN[C@@H](Cc1ccc(OP=O)cc1)C(=O)O. The highest BCUT2D eigenvalue weighted by atomic mass is 31.1. The Bertz CT molecular complexity index is 366. The minimum atomic E-state index is -0.888. The predicted octanol–water partition coefficient (Wildman–Crippen LogP) is 1.49. The molecule has 0 spiro atoms. The fourth-order valence-corrected chi connectivity index (χ4v) is 1.49. The predicted molar refractivity (Wildman–Crippen MR) is 58.9 cm³/mol.